The van der Waals surface area contributed by atoms with Crippen molar-refractivity contribution >= 4 is 0 Å². The second kappa shape index (κ2) is 8.22. The molecule has 0 aliphatic carbocycles. The summed E-state index contributed by atoms with van der Waals surface area (Å²) in [7, 11) is 0. The first-order valence-electron chi connectivity index (χ1n) is 7.67. The summed E-state index contributed by atoms with van der Waals surface area (Å²) in [5, 5.41) is 3.40. The van der Waals surface area contributed by atoms with Gasteiger partial charge in [-0.25, -0.2) is 4.98 Å². The minimum atomic E-state index is 0.608. The Balaban J connectivity index is 1.81. The smallest absolute Gasteiger partial charge is 0.213 e. The highest BCUT2D eigenvalue weighted by Gasteiger charge is 2.14. The molecule has 1 saturated heterocycles. The Hall–Kier alpha value is -1.13. The summed E-state index contributed by atoms with van der Waals surface area (Å²) >= 11 is 0. The van der Waals surface area contributed by atoms with Gasteiger partial charge in [-0.1, -0.05) is 13.0 Å². The molecule has 1 aliphatic rings. The second-order valence-corrected chi connectivity index (χ2v) is 5.44. The molecular formula is C16H26N2O2. The van der Waals surface area contributed by atoms with Crippen LogP contribution in [0, 0.1) is 12.8 Å². The van der Waals surface area contributed by atoms with Crippen LogP contribution in [-0.2, 0) is 11.3 Å². The highest BCUT2D eigenvalue weighted by Crippen LogP contribution is 2.18. The maximum Gasteiger partial charge on any atom is 0.213 e. The molecule has 4 nitrogen and oxygen atoms in total. The van der Waals surface area contributed by atoms with Crippen LogP contribution in [0.5, 0.6) is 5.88 Å². The fourth-order valence-electron chi connectivity index (χ4n) is 2.35. The van der Waals surface area contributed by atoms with Gasteiger partial charge in [-0.2, -0.15) is 0 Å². The van der Waals surface area contributed by atoms with E-state index >= 15 is 0 Å². The molecule has 0 atom stereocenters. The summed E-state index contributed by atoms with van der Waals surface area (Å²) in [6.45, 7) is 8.62. The Bertz CT molecular complexity index is 403. The zero-order chi connectivity index (χ0) is 14.2. The summed E-state index contributed by atoms with van der Waals surface area (Å²) in [6.07, 6.45) is 3.34. The predicted molar refractivity (Wildman–Crippen MR) is 80.0 cm³/mol. The molecule has 4 heteroatoms. The lowest BCUT2D eigenvalue weighted by molar-refractivity contribution is 0.0490. The summed E-state index contributed by atoms with van der Waals surface area (Å²) < 4.78 is 11.2. The lowest BCUT2D eigenvalue weighted by atomic mass is 10.0. The topological polar surface area (TPSA) is 43.4 Å². The zero-order valence-corrected chi connectivity index (χ0v) is 12.7. The molecule has 2 rings (SSSR count). The Morgan fingerprint density at radius 3 is 2.85 bits per heavy atom. The Labute approximate surface area is 121 Å². The maximum atomic E-state index is 5.82. The molecule has 20 heavy (non-hydrogen) atoms. The zero-order valence-electron chi connectivity index (χ0n) is 12.7. The van der Waals surface area contributed by atoms with Crippen LogP contribution in [0.2, 0.25) is 0 Å². The SMILES string of the molecule is CCCNCc1ccc(OCC2CCOCC2)nc1C. The van der Waals surface area contributed by atoms with Gasteiger partial charge < -0.3 is 14.8 Å². The van der Waals surface area contributed by atoms with Gasteiger partial charge in [0, 0.05) is 31.5 Å². The number of hydrogen-bond donors (Lipinski definition) is 1. The molecule has 0 aromatic carbocycles. The van der Waals surface area contributed by atoms with Crippen LogP contribution < -0.4 is 10.1 Å². The van der Waals surface area contributed by atoms with Crippen LogP contribution in [0.25, 0.3) is 0 Å². The molecule has 0 bridgehead atoms. The first-order chi connectivity index (χ1) is 9.79. The first-order valence-corrected chi connectivity index (χ1v) is 7.67. The average Bonchev–Trinajstić information content (AvgIpc) is 2.48. The van der Waals surface area contributed by atoms with Crippen LogP contribution >= 0.6 is 0 Å². The number of aromatic nitrogens is 1. The van der Waals surface area contributed by atoms with Crippen molar-refractivity contribution in [3.63, 3.8) is 0 Å². The van der Waals surface area contributed by atoms with Crippen LogP contribution in [-0.4, -0.2) is 31.3 Å². The van der Waals surface area contributed by atoms with Gasteiger partial charge in [0.15, 0.2) is 0 Å². The van der Waals surface area contributed by atoms with Gasteiger partial charge in [-0.15, -0.1) is 0 Å². The van der Waals surface area contributed by atoms with E-state index in [0.717, 1.165) is 63.7 Å². The summed E-state index contributed by atoms with van der Waals surface area (Å²) in [4.78, 5) is 4.54. The van der Waals surface area contributed by atoms with Gasteiger partial charge >= 0.3 is 0 Å². The minimum Gasteiger partial charge on any atom is -0.477 e. The number of ether oxygens (including phenoxy) is 2. The Morgan fingerprint density at radius 1 is 1.35 bits per heavy atom. The second-order valence-electron chi connectivity index (χ2n) is 5.44. The van der Waals surface area contributed by atoms with E-state index in [2.05, 4.69) is 23.3 Å². The van der Waals surface area contributed by atoms with Gasteiger partial charge in [0.1, 0.15) is 0 Å². The molecule has 0 saturated carbocycles. The molecule has 0 amide bonds. The largest absolute Gasteiger partial charge is 0.477 e. The molecule has 1 N–H and O–H groups in total. The normalized spacial score (nSPS) is 16.3. The molecule has 0 unspecified atom stereocenters. The standard InChI is InChI=1S/C16H26N2O2/c1-3-8-17-11-15-4-5-16(18-13(15)2)20-12-14-6-9-19-10-7-14/h4-5,14,17H,3,6-12H2,1-2H3. The fraction of sp³-hybridized carbons (Fsp3) is 0.688. The Kier molecular flexibility index (Phi) is 6.27. The van der Waals surface area contributed by atoms with Crippen molar-refractivity contribution in [3.05, 3.63) is 23.4 Å². The molecule has 1 aliphatic heterocycles. The van der Waals surface area contributed by atoms with E-state index in [-0.39, 0.29) is 0 Å². The van der Waals surface area contributed by atoms with E-state index in [4.69, 9.17) is 9.47 Å². The van der Waals surface area contributed by atoms with Crippen LogP contribution in [0.1, 0.15) is 37.4 Å². The average molecular weight is 278 g/mol. The van der Waals surface area contributed by atoms with Crippen molar-refractivity contribution in [2.45, 2.75) is 39.7 Å². The van der Waals surface area contributed by atoms with E-state index in [1.807, 2.05) is 13.0 Å². The number of aryl methyl sites for hydroxylation is 1. The van der Waals surface area contributed by atoms with Gasteiger partial charge in [0.2, 0.25) is 5.88 Å². The van der Waals surface area contributed by atoms with Crippen molar-refractivity contribution in [3.8, 4) is 5.88 Å². The van der Waals surface area contributed by atoms with Crippen molar-refractivity contribution in [2.75, 3.05) is 26.4 Å². The highest BCUT2D eigenvalue weighted by molar-refractivity contribution is 5.24. The maximum absolute atomic E-state index is 5.82. The number of nitrogens with zero attached hydrogens (tertiary/aromatic N) is 1. The molecular weight excluding hydrogens is 252 g/mol. The van der Waals surface area contributed by atoms with Gasteiger partial charge in [0.05, 0.1) is 6.61 Å². The highest BCUT2D eigenvalue weighted by atomic mass is 16.5. The molecule has 0 spiro atoms. The van der Waals surface area contributed by atoms with E-state index in [1.54, 1.807) is 0 Å². The van der Waals surface area contributed by atoms with Crippen LogP contribution in [0.3, 0.4) is 0 Å². The van der Waals surface area contributed by atoms with E-state index in [9.17, 15) is 0 Å². The summed E-state index contributed by atoms with van der Waals surface area (Å²) in [5.74, 6) is 1.35. The third kappa shape index (κ3) is 4.76. The third-order valence-corrected chi connectivity index (χ3v) is 3.72. The molecule has 1 fully saturated rings. The summed E-state index contributed by atoms with van der Waals surface area (Å²) in [5.41, 5.74) is 2.30. The summed E-state index contributed by atoms with van der Waals surface area (Å²) in [6, 6.07) is 4.10. The molecule has 2 heterocycles. The van der Waals surface area contributed by atoms with E-state index < -0.39 is 0 Å². The number of pyridine rings is 1. The number of hydrogen-bond acceptors (Lipinski definition) is 4. The van der Waals surface area contributed by atoms with Gasteiger partial charge in [-0.3, -0.25) is 0 Å². The minimum absolute atomic E-state index is 0.608. The van der Waals surface area contributed by atoms with Crippen molar-refractivity contribution in [2.24, 2.45) is 5.92 Å². The van der Waals surface area contributed by atoms with E-state index in [1.165, 1.54) is 5.56 Å². The number of rotatable bonds is 7. The molecule has 112 valence electrons. The van der Waals surface area contributed by atoms with Crippen molar-refractivity contribution in [1.82, 2.24) is 10.3 Å². The predicted octanol–water partition coefficient (Wildman–Crippen LogP) is 2.70. The Morgan fingerprint density at radius 2 is 2.15 bits per heavy atom. The number of nitrogens with one attached hydrogen (secondary N) is 1. The van der Waals surface area contributed by atoms with Crippen LogP contribution in [0.15, 0.2) is 12.1 Å². The monoisotopic (exact) mass is 278 g/mol. The lowest BCUT2D eigenvalue weighted by Gasteiger charge is -2.21. The molecule has 1 aromatic rings. The quantitative estimate of drug-likeness (QED) is 0.779. The fourth-order valence-corrected chi connectivity index (χ4v) is 2.35. The van der Waals surface area contributed by atoms with Gasteiger partial charge in [0.25, 0.3) is 0 Å². The van der Waals surface area contributed by atoms with E-state index in [0.29, 0.717) is 5.92 Å². The van der Waals surface area contributed by atoms with Crippen LogP contribution in [0.4, 0.5) is 0 Å². The molecule has 1 aromatic heterocycles. The van der Waals surface area contributed by atoms with Crippen molar-refractivity contribution in [1.29, 1.82) is 0 Å². The third-order valence-electron chi connectivity index (χ3n) is 3.72. The van der Waals surface area contributed by atoms with Gasteiger partial charge in [-0.05, 0) is 44.2 Å². The first kappa shape index (κ1) is 15.3. The molecule has 0 radical (unpaired) electrons. The lowest BCUT2D eigenvalue weighted by Crippen LogP contribution is -2.21. The van der Waals surface area contributed by atoms with Crippen molar-refractivity contribution < 1.29 is 9.47 Å².